The Morgan fingerprint density at radius 1 is 0.571 bits per heavy atom. The third-order valence-electron chi connectivity index (χ3n) is 17.2. The molecule has 15 amide bonds. The van der Waals surface area contributed by atoms with Gasteiger partial charge in [0.25, 0.3) is 23.6 Å². The summed E-state index contributed by atoms with van der Waals surface area (Å²) in [5.74, 6) is -5.48. The van der Waals surface area contributed by atoms with Crippen LogP contribution in [0.3, 0.4) is 0 Å². The van der Waals surface area contributed by atoms with Crippen molar-refractivity contribution in [2.45, 2.75) is 103 Å². The van der Waals surface area contributed by atoms with Crippen molar-refractivity contribution in [1.29, 1.82) is 0 Å². The summed E-state index contributed by atoms with van der Waals surface area (Å²) >= 11 is 0. The minimum absolute atomic E-state index is 0.00884. The van der Waals surface area contributed by atoms with Crippen molar-refractivity contribution in [2.75, 3.05) is 143 Å². The number of ether oxygens (including phenoxy) is 10. The van der Waals surface area contributed by atoms with Gasteiger partial charge in [0, 0.05) is 112 Å². The number of hydrogen-bond donors (Lipinski definition) is 11. The molecule has 4 aromatic carbocycles. The summed E-state index contributed by atoms with van der Waals surface area (Å²) in [6.45, 7) is 9.10. The third kappa shape index (κ3) is 31.8. The number of carbonyl (C=O) groups excluding carboxylic acids is 13. The Hall–Kier alpha value is -11.0. The van der Waals surface area contributed by atoms with E-state index in [2.05, 4.69) is 53.2 Å². The van der Waals surface area contributed by atoms with Crippen molar-refractivity contribution < 1.29 is 110 Å². The summed E-state index contributed by atoms with van der Waals surface area (Å²) in [7, 11) is 1.61. The fraction of sp³-hybridized carbons (Fsp3) is 0.487. The molecule has 3 atom stereocenters. The van der Waals surface area contributed by atoms with E-state index in [0.717, 1.165) is 33.7 Å². The standard InChI is InChI=1S/C76H101N13O23/c1-50(2)68(86-65(92)22-27-88-66(93)20-21-67(88)94)72(98)85-61(5-4-24-80-74(77)100)70(96)83-57-12-11-54(60(44-57)69(95)79-26-25-78-63(90)23-28-104-31-32-106-35-36-108-39-40-110-42-41-109-38-37-107-34-33-105-30-29-103-3)49-112-76(102)82-45-51-6-8-52(9-7-51)48-111-58-15-13-56(14-16-58)84-75(101)81-46-53-10-17-59-55(43-53)47-89(73(59)99)62-18-19-64(91)87-71(62)97/h6-17,20-21,43-44,50,61-62,68H,4-5,18-19,22-42,45-49H2,1-3H3,(H,78,90)(H,79,95)(H,82,102)(H,83,96)(H,85,98)(H,86,92)(H3,77,80,100)(H2,81,84,101)(H,87,91,97)/t61-,62?,68+/m1/s1. The molecular weight excluding hydrogens is 1460 g/mol. The molecule has 3 heterocycles. The van der Waals surface area contributed by atoms with E-state index in [0.29, 0.717) is 102 Å². The number of piperidine rings is 1. The fourth-order valence-electron chi connectivity index (χ4n) is 11.2. The number of carbonyl (C=O) groups is 13. The average molecular weight is 1560 g/mol. The van der Waals surface area contributed by atoms with E-state index < -0.39 is 90.2 Å². The molecule has 4 aromatic rings. The summed E-state index contributed by atoms with van der Waals surface area (Å²) < 4.78 is 54.8. The summed E-state index contributed by atoms with van der Waals surface area (Å²) in [5.41, 5.74) is 9.46. The molecule has 112 heavy (non-hydrogen) atoms. The van der Waals surface area contributed by atoms with Crippen LogP contribution in [0.4, 0.5) is 25.8 Å². The van der Waals surface area contributed by atoms with Gasteiger partial charge in [0.2, 0.25) is 35.4 Å². The van der Waals surface area contributed by atoms with Crippen molar-refractivity contribution in [2.24, 2.45) is 11.7 Å². The Labute approximate surface area is 647 Å². The number of anilines is 2. The number of hydrogen-bond acceptors (Lipinski definition) is 23. The largest absolute Gasteiger partial charge is 0.489 e. The fourth-order valence-corrected chi connectivity index (χ4v) is 11.2. The molecule has 3 aliphatic rings. The molecule has 1 saturated heterocycles. The highest BCUT2D eigenvalue weighted by Gasteiger charge is 2.39. The second kappa shape index (κ2) is 48.6. The molecule has 36 nitrogen and oxygen atoms in total. The molecule has 7 rings (SSSR count). The van der Waals surface area contributed by atoms with Gasteiger partial charge in [-0.15, -0.1) is 0 Å². The molecule has 1 unspecified atom stereocenters. The second-order valence-electron chi connectivity index (χ2n) is 25.9. The number of rotatable bonds is 52. The maximum atomic E-state index is 14.2. The monoisotopic (exact) mass is 1560 g/mol. The van der Waals surface area contributed by atoms with Crippen molar-refractivity contribution in [3.8, 4) is 5.75 Å². The Bertz CT molecular complexity index is 3830. The zero-order valence-corrected chi connectivity index (χ0v) is 63.1. The number of primary amides is 1. The van der Waals surface area contributed by atoms with Gasteiger partial charge in [-0.2, -0.15) is 0 Å². The molecule has 608 valence electrons. The van der Waals surface area contributed by atoms with E-state index in [9.17, 15) is 62.3 Å². The van der Waals surface area contributed by atoms with Crippen LogP contribution in [0.15, 0.2) is 97.1 Å². The highest BCUT2D eigenvalue weighted by atomic mass is 16.6. The van der Waals surface area contributed by atoms with E-state index in [1.807, 2.05) is 18.2 Å². The summed E-state index contributed by atoms with van der Waals surface area (Å²) in [5, 5.41) is 26.5. The zero-order valence-electron chi connectivity index (χ0n) is 63.1. The summed E-state index contributed by atoms with van der Waals surface area (Å²) in [6.07, 6.45) is 1.54. The van der Waals surface area contributed by atoms with Crippen LogP contribution in [0.2, 0.25) is 0 Å². The van der Waals surface area contributed by atoms with Crippen LogP contribution in [-0.2, 0) is 114 Å². The number of amides is 15. The van der Waals surface area contributed by atoms with Crippen LogP contribution in [0.25, 0.3) is 0 Å². The van der Waals surface area contributed by atoms with Gasteiger partial charge in [-0.3, -0.25) is 58.2 Å². The van der Waals surface area contributed by atoms with Gasteiger partial charge < -0.3 is 106 Å². The Kier molecular flexibility index (Phi) is 38.3. The lowest BCUT2D eigenvalue weighted by atomic mass is 10.0. The summed E-state index contributed by atoms with van der Waals surface area (Å²) in [6, 6.07) is 18.9. The smallest absolute Gasteiger partial charge is 0.407 e. The average Bonchev–Trinajstić information content (AvgIpc) is 1.63. The topological polar surface area (TPSA) is 467 Å². The van der Waals surface area contributed by atoms with Gasteiger partial charge in [-0.05, 0) is 89.9 Å². The third-order valence-corrected chi connectivity index (χ3v) is 17.2. The quantitative estimate of drug-likeness (QED) is 0.0223. The van der Waals surface area contributed by atoms with Crippen molar-refractivity contribution in [3.05, 3.63) is 136 Å². The van der Waals surface area contributed by atoms with E-state index >= 15 is 0 Å². The first kappa shape index (κ1) is 88.2. The number of benzene rings is 4. The minimum Gasteiger partial charge on any atom is -0.489 e. The van der Waals surface area contributed by atoms with Crippen LogP contribution in [0.5, 0.6) is 5.75 Å². The first-order valence-corrected chi connectivity index (χ1v) is 36.9. The maximum Gasteiger partial charge on any atom is 0.407 e. The summed E-state index contributed by atoms with van der Waals surface area (Å²) in [4.78, 5) is 169. The van der Waals surface area contributed by atoms with Gasteiger partial charge in [0.1, 0.15) is 37.1 Å². The first-order chi connectivity index (χ1) is 54.1. The van der Waals surface area contributed by atoms with Crippen molar-refractivity contribution in [1.82, 2.24) is 52.3 Å². The van der Waals surface area contributed by atoms with Crippen LogP contribution < -0.4 is 63.6 Å². The molecule has 0 aromatic heterocycles. The first-order valence-electron chi connectivity index (χ1n) is 36.9. The lowest BCUT2D eigenvalue weighted by Gasteiger charge is -2.29. The van der Waals surface area contributed by atoms with Crippen LogP contribution >= 0.6 is 0 Å². The number of nitrogens with zero attached hydrogens (tertiary/aromatic N) is 2. The van der Waals surface area contributed by atoms with Gasteiger partial charge in [0.05, 0.1) is 99.1 Å². The van der Waals surface area contributed by atoms with Gasteiger partial charge in [-0.1, -0.05) is 56.3 Å². The van der Waals surface area contributed by atoms with Crippen LogP contribution in [-0.4, -0.2) is 238 Å². The van der Waals surface area contributed by atoms with Crippen LogP contribution in [0.1, 0.15) is 101 Å². The number of imide groups is 2. The lowest BCUT2D eigenvalue weighted by Crippen LogP contribution is -2.54. The zero-order chi connectivity index (χ0) is 80.4. The molecule has 12 N–H and O–H groups in total. The number of nitrogens with two attached hydrogens (primary N) is 1. The SMILES string of the molecule is COCCOCCOCCOCCOCCOCCOCCOCCC(=O)NCCNC(=O)c1cc(NC(=O)[C@@H](CCCNC(N)=O)NC(=O)[C@@H](NC(=O)CCN2C(=O)C=CC2=O)C(C)C)ccc1COC(=O)NCc1ccc(COc2ccc(NC(=O)NCc3ccc4c(c3)CN(C3CCC(=O)NC3=O)C4=O)cc2)cc1. The molecular formula is C76H101N13O23. The highest BCUT2D eigenvalue weighted by Crippen LogP contribution is 2.29. The molecule has 0 spiro atoms. The molecule has 0 saturated carbocycles. The van der Waals surface area contributed by atoms with Crippen LogP contribution in [0, 0.1) is 5.92 Å². The number of nitrogens with one attached hydrogen (secondary N) is 10. The van der Waals surface area contributed by atoms with Gasteiger partial charge in [0.15, 0.2) is 0 Å². The number of fused-ring (bicyclic) bond motifs is 1. The lowest BCUT2D eigenvalue weighted by molar-refractivity contribution is -0.139. The molecule has 3 aliphatic heterocycles. The Morgan fingerprint density at radius 3 is 1.78 bits per heavy atom. The van der Waals surface area contributed by atoms with E-state index in [1.165, 1.54) is 23.1 Å². The molecule has 0 radical (unpaired) electrons. The minimum atomic E-state index is -1.29. The van der Waals surface area contributed by atoms with Gasteiger partial charge >= 0.3 is 18.2 Å². The second-order valence-corrected chi connectivity index (χ2v) is 25.9. The van der Waals surface area contributed by atoms with Crippen molar-refractivity contribution in [3.63, 3.8) is 0 Å². The predicted molar refractivity (Wildman–Crippen MR) is 401 cm³/mol. The van der Waals surface area contributed by atoms with E-state index in [-0.39, 0.29) is 145 Å². The van der Waals surface area contributed by atoms with Crippen molar-refractivity contribution >= 4 is 88.6 Å². The number of urea groups is 2. The van der Waals surface area contributed by atoms with Gasteiger partial charge in [-0.25, -0.2) is 14.4 Å². The maximum absolute atomic E-state index is 14.2. The molecule has 0 bridgehead atoms. The molecule has 1 fully saturated rings. The number of alkyl carbamates (subject to hydrolysis) is 1. The normalized spacial score (nSPS) is 14.2. The predicted octanol–water partition coefficient (Wildman–Crippen LogP) is 2.10. The highest BCUT2D eigenvalue weighted by molar-refractivity contribution is 6.13. The number of methoxy groups -OCH3 is 1. The molecule has 0 aliphatic carbocycles. The van der Waals surface area contributed by atoms with E-state index in [4.69, 9.17) is 53.1 Å². The Morgan fingerprint density at radius 2 is 1.16 bits per heavy atom. The Balaban J connectivity index is 0.850. The van der Waals surface area contributed by atoms with E-state index in [1.54, 1.807) is 69.5 Å². The molecule has 36 heteroatoms.